The first kappa shape index (κ1) is 23.0. The molecule has 35 heavy (non-hydrogen) atoms. The fourth-order valence-corrected chi connectivity index (χ4v) is 5.04. The third-order valence-electron chi connectivity index (χ3n) is 7.13. The van der Waals surface area contributed by atoms with Crippen molar-refractivity contribution in [2.24, 2.45) is 0 Å². The zero-order chi connectivity index (χ0) is 23.9. The molecule has 1 aliphatic heterocycles. The zero-order valence-electron chi connectivity index (χ0n) is 20.0. The highest BCUT2D eigenvalue weighted by Gasteiger charge is 2.42. The number of benzene rings is 3. The molecule has 0 bridgehead atoms. The fourth-order valence-electron chi connectivity index (χ4n) is 5.04. The maximum Gasteiger partial charge on any atom is 0.227 e. The molecular weight excluding hydrogens is 434 g/mol. The van der Waals surface area contributed by atoms with Gasteiger partial charge in [-0.1, -0.05) is 96.2 Å². The minimum Gasteiger partial charge on any atom is -0.343 e. The first-order valence-electron chi connectivity index (χ1n) is 12.5. The molecule has 1 amide bonds. The average Bonchev–Trinajstić information content (AvgIpc) is 3.42. The Labute approximate surface area is 206 Å². The maximum atomic E-state index is 13.0. The molecule has 1 aliphatic rings. The lowest BCUT2D eigenvalue weighted by atomic mass is 9.72. The van der Waals surface area contributed by atoms with E-state index in [1.165, 1.54) is 16.7 Å². The number of aryl methyl sites for hydroxylation is 3. The van der Waals surface area contributed by atoms with Crippen molar-refractivity contribution in [2.75, 3.05) is 13.1 Å². The Hall–Kier alpha value is -3.73. The van der Waals surface area contributed by atoms with Gasteiger partial charge in [0.1, 0.15) is 0 Å². The molecule has 0 spiro atoms. The molecular formula is C30H31N3O2. The van der Waals surface area contributed by atoms with Crippen LogP contribution in [0.4, 0.5) is 0 Å². The third kappa shape index (κ3) is 5.35. The van der Waals surface area contributed by atoms with Crippen LogP contribution in [0.5, 0.6) is 0 Å². The summed E-state index contributed by atoms with van der Waals surface area (Å²) in [6.45, 7) is 1.38. The van der Waals surface area contributed by atoms with Crippen LogP contribution in [0.1, 0.15) is 47.7 Å². The van der Waals surface area contributed by atoms with Crippen molar-refractivity contribution in [2.45, 2.75) is 43.9 Å². The molecule has 0 saturated carbocycles. The lowest BCUT2D eigenvalue weighted by Gasteiger charge is -2.40. The molecule has 0 N–H and O–H groups in total. The van der Waals surface area contributed by atoms with Crippen LogP contribution >= 0.6 is 0 Å². The second-order valence-corrected chi connectivity index (χ2v) is 9.31. The Bertz CT molecular complexity index is 1210. The van der Waals surface area contributed by atoms with E-state index in [1.54, 1.807) is 0 Å². The summed E-state index contributed by atoms with van der Waals surface area (Å²) in [7, 11) is 0. The molecule has 5 nitrogen and oxygen atoms in total. The van der Waals surface area contributed by atoms with Crippen LogP contribution < -0.4 is 0 Å². The van der Waals surface area contributed by atoms with Gasteiger partial charge in [-0.05, 0) is 42.4 Å². The van der Waals surface area contributed by atoms with Crippen molar-refractivity contribution in [1.82, 2.24) is 15.0 Å². The first-order chi connectivity index (χ1) is 17.2. The van der Waals surface area contributed by atoms with E-state index >= 15 is 0 Å². The predicted octanol–water partition coefficient (Wildman–Crippen LogP) is 5.40. The van der Waals surface area contributed by atoms with Gasteiger partial charge < -0.3 is 9.42 Å². The normalized spacial score (nSPS) is 15.1. The van der Waals surface area contributed by atoms with E-state index in [4.69, 9.17) is 9.51 Å². The summed E-state index contributed by atoms with van der Waals surface area (Å²) in [4.78, 5) is 19.8. The van der Waals surface area contributed by atoms with Crippen molar-refractivity contribution in [3.8, 4) is 0 Å². The third-order valence-corrected chi connectivity index (χ3v) is 7.13. The number of hydrogen-bond donors (Lipinski definition) is 0. The van der Waals surface area contributed by atoms with Gasteiger partial charge in [-0.15, -0.1) is 0 Å². The zero-order valence-corrected chi connectivity index (χ0v) is 20.0. The van der Waals surface area contributed by atoms with Crippen LogP contribution in [0.15, 0.2) is 95.5 Å². The molecule has 3 aromatic carbocycles. The molecule has 1 saturated heterocycles. The number of carbonyl (C=O) groups is 1. The monoisotopic (exact) mass is 465 g/mol. The number of amides is 1. The van der Waals surface area contributed by atoms with Crippen molar-refractivity contribution in [3.05, 3.63) is 119 Å². The number of likely N-dealkylation sites (tertiary alicyclic amines) is 1. The molecule has 178 valence electrons. The number of rotatable bonds is 8. The van der Waals surface area contributed by atoms with Crippen molar-refractivity contribution < 1.29 is 9.32 Å². The van der Waals surface area contributed by atoms with E-state index < -0.39 is 0 Å². The topological polar surface area (TPSA) is 59.2 Å². The molecule has 0 atom stereocenters. The van der Waals surface area contributed by atoms with Crippen molar-refractivity contribution >= 4 is 5.91 Å². The Morgan fingerprint density at radius 2 is 1.34 bits per heavy atom. The Morgan fingerprint density at radius 1 is 0.771 bits per heavy atom. The quantitative estimate of drug-likeness (QED) is 0.350. The molecule has 4 aromatic rings. The summed E-state index contributed by atoms with van der Waals surface area (Å²) >= 11 is 0. The van der Waals surface area contributed by atoms with Gasteiger partial charge in [0, 0.05) is 25.9 Å². The highest BCUT2D eigenvalue weighted by Crippen LogP contribution is 2.40. The lowest BCUT2D eigenvalue weighted by Crippen LogP contribution is -2.46. The van der Waals surface area contributed by atoms with Gasteiger partial charge in [0.25, 0.3) is 0 Å². The van der Waals surface area contributed by atoms with Gasteiger partial charge >= 0.3 is 0 Å². The van der Waals surface area contributed by atoms with E-state index in [1.807, 2.05) is 47.4 Å². The lowest BCUT2D eigenvalue weighted by molar-refractivity contribution is -0.132. The van der Waals surface area contributed by atoms with Gasteiger partial charge in [0.15, 0.2) is 5.82 Å². The number of nitrogens with zero attached hydrogens (tertiary/aromatic N) is 3. The van der Waals surface area contributed by atoms with Gasteiger partial charge in [-0.2, -0.15) is 4.98 Å². The summed E-state index contributed by atoms with van der Waals surface area (Å²) in [5.74, 6) is 1.62. The van der Waals surface area contributed by atoms with Gasteiger partial charge in [0.2, 0.25) is 11.8 Å². The van der Waals surface area contributed by atoms with Crippen LogP contribution in [0.3, 0.4) is 0 Å². The van der Waals surface area contributed by atoms with Crippen LogP contribution in [0, 0.1) is 0 Å². The summed E-state index contributed by atoms with van der Waals surface area (Å²) in [6.07, 6.45) is 4.46. The molecule has 5 rings (SSSR count). The Balaban J connectivity index is 1.28. The predicted molar refractivity (Wildman–Crippen MR) is 136 cm³/mol. The van der Waals surface area contributed by atoms with Gasteiger partial charge in [-0.3, -0.25) is 4.79 Å². The van der Waals surface area contributed by atoms with E-state index in [0.29, 0.717) is 31.8 Å². The van der Waals surface area contributed by atoms with Crippen LogP contribution in [0.25, 0.3) is 0 Å². The van der Waals surface area contributed by atoms with E-state index in [0.717, 1.165) is 31.5 Å². The molecule has 0 aliphatic carbocycles. The molecule has 1 fully saturated rings. The van der Waals surface area contributed by atoms with Crippen LogP contribution in [0.2, 0.25) is 0 Å². The van der Waals surface area contributed by atoms with Crippen LogP contribution in [-0.4, -0.2) is 34.0 Å². The largest absolute Gasteiger partial charge is 0.343 e. The highest BCUT2D eigenvalue weighted by atomic mass is 16.5. The molecule has 1 aromatic heterocycles. The summed E-state index contributed by atoms with van der Waals surface area (Å²) in [5.41, 5.74) is 3.30. The minimum absolute atomic E-state index is 0.215. The van der Waals surface area contributed by atoms with Crippen molar-refractivity contribution in [1.29, 1.82) is 0 Å². The number of aromatic nitrogens is 2. The van der Waals surface area contributed by atoms with E-state index in [9.17, 15) is 4.79 Å². The summed E-state index contributed by atoms with van der Waals surface area (Å²) in [6, 6.07) is 31.0. The summed E-state index contributed by atoms with van der Waals surface area (Å²) in [5, 5.41) is 4.46. The standard InChI is InChI=1S/C30H31N3O2/c34-28(19-17-25-12-6-2-7-13-25)33-22-20-30(21-23-33,26-14-8-3-9-15-26)29-31-27(35-32-29)18-16-24-10-4-1-5-11-24/h1-15H,16-23H2. The second kappa shape index (κ2) is 10.7. The van der Waals surface area contributed by atoms with Crippen molar-refractivity contribution in [3.63, 3.8) is 0 Å². The molecule has 0 radical (unpaired) electrons. The highest BCUT2D eigenvalue weighted by molar-refractivity contribution is 5.76. The number of piperidine rings is 1. The SMILES string of the molecule is O=C(CCc1ccccc1)N1CCC(c2ccccc2)(c2noc(CCc3ccccc3)n2)CC1. The smallest absolute Gasteiger partial charge is 0.227 e. The minimum atomic E-state index is -0.341. The number of hydrogen-bond acceptors (Lipinski definition) is 4. The Morgan fingerprint density at radius 3 is 1.97 bits per heavy atom. The average molecular weight is 466 g/mol. The van der Waals surface area contributed by atoms with E-state index in [-0.39, 0.29) is 11.3 Å². The first-order valence-corrected chi connectivity index (χ1v) is 12.5. The molecule has 0 unspecified atom stereocenters. The summed E-state index contributed by atoms with van der Waals surface area (Å²) < 4.78 is 5.71. The number of carbonyl (C=O) groups excluding carboxylic acids is 1. The van der Waals surface area contributed by atoms with Crippen LogP contribution in [-0.2, 0) is 29.5 Å². The van der Waals surface area contributed by atoms with E-state index in [2.05, 4.69) is 53.7 Å². The molecule has 2 heterocycles. The fraction of sp³-hybridized carbons (Fsp3) is 0.300. The Kier molecular flexibility index (Phi) is 7.03. The molecule has 5 heteroatoms. The second-order valence-electron chi connectivity index (χ2n) is 9.31. The van der Waals surface area contributed by atoms with Gasteiger partial charge in [0.05, 0.1) is 5.41 Å². The maximum absolute atomic E-state index is 13.0. The van der Waals surface area contributed by atoms with Gasteiger partial charge in [-0.25, -0.2) is 0 Å².